The van der Waals surface area contributed by atoms with E-state index in [0.29, 0.717) is 0 Å². The highest BCUT2D eigenvalue weighted by atomic mass is 16.5. The molecule has 0 atom stereocenters. The van der Waals surface area contributed by atoms with Gasteiger partial charge in [-0.15, -0.1) is 0 Å². The van der Waals surface area contributed by atoms with Gasteiger partial charge in [-0.1, -0.05) is 12.1 Å². The van der Waals surface area contributed by atoms with E-state index in [1.807, 2.05) is 13.1 Å². The Morgan fingerprint density at radius 2 is 1.74 bits per heavy atom. The van der Waals surface area contributed by atoms with Gasteiger partial charge in [-0.05, 0) is 42.3 Å². The van der Waals surface area contributed by atoms with Gasteiger partial charge in [-0.2, -0.15) is 0 Å². The third-order valence-electron chi connectivity index (χ3n) is 3.47. The van der Waals surface area contributed by atoms with Gasteiger partial charge in [0, 0.05) is 30.7 Å². The number of ether oxygens (including phenoxy) is 1. The average Bonchev–Trinajstić information content (AvgIpc) is 2.48. The minimum Gasteiger partial charge on any atom is -0.378 e. The zero-order valence-electron chi connectivity index (χ0n) is 11.2. The smallest absolute Gasteiger partial charge is 0.0642 e. The third kappa shape index (κ3) is 2.76. The molecule has 0 aliphatic carbocycles. The van der Waals surface area contributed by atoms with Crippen molar-refractivity contribution in [2.24, 2.45) is 0 Å². The van der Waals surface area contributed by atoms with Crippen LogP contribution in [-0.2, 0) is 4.74 Å². The minimum absolute atomic E-state index is 0.825. The van der Waals surface area contributed by atoms with Crippen molar-refractivity contribution in [3.8, 4) is 11.1 Å². The van der Waals surface area contributed by atoms with Gasteiger partial charge in [-0.25, -0.2) is 0 Å². The van der Waals surface area contributed by atoms with Gasteiger partial charge in [0.25, 0.3) is 0 Å². The molecule has 2 heterocycles. The van der Waals surface area contributed by atoms with Crippen molar-refractivity contribution in [2.75, 3.05) is 31.2 Å². The van der Waals surface area contributed by atoms with Crippen molar-refractivity contribution in [3.05, 3.63) is 48.3 Å². The van der Waals surface area contributed by atoms with E-state index in [-0.39, 0.29) is 0 Å². The number of benzene rings is 1. The van der Waals surface area contributed by atoms with Crippen molar-refractivity contribution in [3.63, 3.8) is 0 Å². The molecule has 1 aromatic carbocycles. The first-order valence-corrected chi connectivity index (χ1v) is 6.69. The maximum atomic E-state index is 5.38. The predicted molar refractivity (Wildman–Crippen MR) is 77.4 cm³/mol. The van der Waals surface area contributed by atoms with Crippen molar-refractivity contribution < 1.29 is 4.74 Å². The summed E-state index contributed by atoms with van der Waals surface area (Å²) in [6.07, 6.45) is 1.86. The molecule has 0 amide bonds. The highest BCUT2D eigenvalue weighted by Crippen LogP contribution is 2.23. The van der Waals surface area contributed by atoms with E-state index < -0.39 is 0 Å². The van der Waals surface area contributed by atoms with Crippen LogP contribution in [0.25, 0.3) is 11.1 Å². The van der Waals surface area contributed by atoms with E-state index in [2.05, 4.69) is 46.3 Å². The molecule has 1 aromatic heterocycles. The van der Waals surface area contributed by atoms with Crippen LogP contribution in [0.2, 0.25) is 0 Å². The summed E-state index contributed by atoms with van der Waals surface area (Å²) in [6.45, 7) is 5.63. The molecule has 19 heavy (non-hydrogen) atoms. The number of hydrogen-bond acceptors (Lipinski definition) is 3. The number of aryl methyl sites for hydroxylation is 1. The molecule has 0 radical (unpaired) electrons. The first kappa shape index (κ1) is 12.2. The van der Waals surface area contributed by atoms with E-state index in [4.69, 9.17) is 4.74 Å². The van der Waals surface area contributed by atoms with E-state index in [1.54, 1.807) is 0 Å². The molecule has 0 unspecified atom stereocenters. The molecule has 1 saturated heterocycles. The normalized spacial score (nSPS) is 15.5. The molecule has 0 bridgehead atoms. The van der Waals surface area contributed by atoms with Crippen molar-refractivity contribution in [1.29, 1.82) is 0 Å². The van der Waals surface area contributed by atoms with Crippen LogP contribution in [0.15, 0.2) is 42.6 Å². The molecule has 0 saturated carbocycles. The van der Waals surface area contributed by atoms with Gasteiger partial charge in [0.05, 0.1) is 13.2 Å². The van der Waals surface area contributed by atoms with Crippen molar-refractivity contribution >= 4 is 5.69 Å². The highest BCUT2D eigenvalue weighted by molar-refractivity contribution is 5.66. The summed E-state index contributed by atoms with van der Waals surface area (Å²) in [5.41, 5.74) is 4.79. The van der Waals surface area contributed by atoms with Crippen LogP contribution in [-0.4, -0.2) is 31.3 Å². The Balaban J connectivity index is 1.82. The van der Waals surface area contributed by atoms with Gasteiger partial charge >= 0.3 is 0 Å². The Labute approximate surface area is 113 Å². The van der Waals surface area contributed by atoms with Gasteiger partial charge in [0.1, 0.15) is 0 Å². The van der Waals surface area contributed by atoms with E-state index >= 15 is 0 Å². The summed E-state index contributed by atoms with van der Waals surface area (Å²) in [5, 5.41) is 0. The summed E-state index contributed by atoms with van der Waals surface area (Å²) in [7, 11) is 0. The van der Waals surface area contributed by atoms with E-state index in [0.717, 1.165) is 32.0 Å². The third-order valence-corrected chi connectivity index (χ3v) is 3.47. The lowest BCUT2D eigenvalue weighted by Crippen LogP contribution is -2.36. The number of hydrogen-bond donors (Lipinski definition) is 0. The molecule has 1 aliphatic heterocycles. The summed E-state index contributed by atoms with van der Waals surface area (Å²) >= 11 is 0. The Hall–Kier alpha value is -1.87. The van der Waals surface area contributed by atoms with Gasteiger partial charge in [0.15, 0.2) is 0 Å². The Morgan fingerprint density at radius 3 is 2.42 bits per heavy atom. The van der Waals surface area contributed by atoms with E-state index in [1.165, 1.54) is 16.8 Å². The lowest BCUT2D eigenvalue weighted by Gasteiger charge is -2.28. The van der Waals surface area contributed by atoms with Crippen molar-refractivity contribution in [2.45, 2.75) is 6.92 Å². The maximum Gasteiger partial charge on any atom is 0.0642 e. The largest absolute Gasteiger partial charge is 0.378 e. The second kappa shape index (κ2) is 5.41. The molecule has 3 nitrogen and oxygen atoms in total. The first-order valence-electron chi connectivity index (χ1n) is 6.69. The Kier molecular flexibility index (Phi) is 3.47. The highest BCUT2D eigenvalue weighted by Gasteiger charge is 2.10. The second-order valence-electron chi connectivity index (χ2n) is 4.83. The molecule has 98 valence electrons. The van der Waals surface area contributed by atoms with E-state index in [9.17, 15) is 0 Å². The minimum atomic E-state index is 0.825. The summed E-state index contributed by atoms with van der Waals surface area (Å²) < 4.78 is 5.38. The Bertz CT molecular complexity index is 545. The molecular weight excluding hydrogens is 236 g/mol. The van der Waals surface area contributed by atoms with Crippen LogP contribution in [0.3, 0.4) is 0 Å². The van der Waals surface area contributed by atoms with Crippen LogP contribution < -0.4 is 4.90 Å². The van der Waals surface area contributed by atoms with Crippen LogP contribution in [0, 0.1) is 6.92 Å². The number of morpholine rings is 1. The molecular formula is C16H18N2O. The number of rotatable bonds is 2. The van der Waals surface area contributed by atoms with Crippen molar-refractivity contribution in [1.82, 2.24) is 4.98 Å². The zero-order chi connectivity index (χ0) is 13.1. The fourth-order valence-corrected chi connectivity index (χ4v) is 2.41. The summed E-state index contributed by atoms with van der Waals surface area (Å²) in [4.78, 5) is 6.60. The number of anilines is 1. The number of nitrogens with zero attached hydrogens (tertiary/aromatic N) is 2. The Morgan fingerprint density at radius 1 is 1.00 bits per heavy atom. The van der Waals surface area contributed by atoms with Crippen LogP contribution in [0.4, 0.5) is 5.69 Å². The summed E-state index contributed by atoms with van der Waals surface area (Å²) in [5.74, 6) is 0. The average molecular weight is 254 g/mol. The van der Waals surface area contributed by atoms with Crippen LogP contribution in [0.5, 0.6) is 0 Å². The monoisotopic (exact) mass is 254 g/mol. The molecule has 2 aromatic rings. The maximum absolute atomic E-state index is 5.38. The molecule has 3 heteroatoms. The topological polar surface area (TPSA) is 25.4 Å². The molecule has 1 aliphatic rings. The molecule has 3 rings (SSSR count). The lowest BCUT2D eigenvalue weighted by atomic mass is 10.1. The fraction of sp³-hybridized carbons (Fsp3) is 0.312. The first-order chi connectivity index (χ1) is 9.33. The summed E-state index contributed by atoms with van der Waals surface area (Å²) in [6, 6.07) is 12.9. The quantitative estimate of drug-likeness (QED) is 0.824. The molecule has 1 fully saturated rings. The molecule has 0 spiro atoms. The molecule has 0 N–H and O–H groups in total. The number of aromatic nitrogens is 1. The SMILES string of the molecule is Cc1cc(-c2ccc(N3CCOCC3)cc2)ccn1. The predicted octanol–water partition coefficient (Wildman–Crippen LogP) is 2.89. The fourth-order valence-electron chi connectivity index (χ4n) is 2.41. The van der Waals surface area contributed by atoms with Crippen LogP contribution >= 0.6 is 0 Å². The van der Waals surface area contributed by atoms with Gasteiger partial charge in [-0.3, -0.25) is 4.98 Å². The second-order valence-corrected chi connectivity index (χ2v) is 4.83. The van der Waals surface area contributed by atoms with Gasteiger partial charge in [0.2, 0.25) is 0 Å². The standard InChI is InChI=1S/C16H18N2O/c1-13-12-15(6-7-17-13)14-2-4-16(5-3-14)18-8-10-19-11-9-18/h2-7,12H,8-11H2,1H3. The lowest BCUT2D eigenvalue weighted by molar-refractivity contribution is 0.122. The number of pyridine rings is 1. The van der Waals surface area contributed by atoms with Crippen LogP contribution in [0.1, 0.15) is 5.69 Å². The van der Waals surface area contributed by atoms with Gasteiger partial charge < -0.3 is 9.64 Å². The zero-order valence-corrected chi connectivity index (χ0v) is 11.2.